The van der Waals surface area contributed by atoms with Gasteiger partial charge in [0, 0.05) is 41.4 Å². The van der Waals surface area contributed by atoms with E-state index in [9.17, 15) is 23.6 Å². The van der Waals surface area contributed by atoms with Gasteiger partial charge >= 0.3 is 7.41 Å². The molecule has 11 heteroatoms. The second-order valence-corrected chi connectivity index (χ2v) is 10.8. The van der Waals surface area contributed by atoms with Crippen molar-refractivity contribution in [3.05, 3.63) is 59.3 Å². The number of hydrogen-bond acceptors (Lipinski definition) is 9. The Balaban J connectivity index is 1.73. The van der Waals surface area contributed by atoms with Gasteiger partial charge in [-0.25, -0.2) is 18.4 Å². The number of nitriles is 1. The van der Waals surface area contributed by atoms with E-state index >= 15 is 0 Å². The summed E-state index contributed by atoms with van der Waals surface area (Å²) in [4.78, 5) is 21.9. The molecule has 35 heavy (non-hydrogen) atoms. The van der Waals surface area contributed by atoms with Crippen LogP contribution in [-0.2, 0) is 20.0 Å². The standard InChI is InChI=1S/C24H23BN5O4S/c1-15-8-18(35(3,33)34)4-5-20(15)28-23-27-7-6-21(29-23)16-9-17(11-26)22-19(10-16)24(2,13-31)12-30(22)25-14-32/h4-10,14,31H,12-13H2,1-3H3,(H,27,28,29)/t24-/m1/s1. The molecule has 2 N–H and O–H groups in total. The van der Waals surface area contributed by atoms with Crippen LogP contribution in [0.3, 0.4) is 0 Å². The molecular formula is C24H23BN5O4S. The summed E-state index contributed by atoms with van der Waals surface area (Å²) in [5, 5.41) is 23.1. The number of aryl methyl sites for hydroxylation is 1. The minimum atomic E-state index is -3.32. The van der Waals surface area contributed by atoms with Crippen molar-refractivity contribution in [1.82, 2.24) is 9.97 Å². The van der Waals surface area contributed by atoms with Crippen molar-refractivity contribution in [1.29, 1.82) is 5.26 Å². The number of hydrogen-bond donors (Lipinski definition) is 2. The number of sulfone groups is 1. The summed E-state index contributed by atoms with van der Waals surface area (Å²) >= 11 is 0. The third kappa shape index (κ3) is 4.63. The Bertz CT molecular complexity index is 1470. The zero-order valence-electron chi connectivity index (χ0n) is 19.5. The second kappa shape index (κ2) is 9.13. The van der Waals surface area contributed by atoms with Crippen LogP contribution in [0.15, 0.2) is 47.5 Å². The van der Waals surface area contributed by atoms with Crippen LogP contribution in [0.4, 0.5) is 17.3 Å². The second-order valence-electron chi connectivity index (χ2n) is 8.80. The molecule has 0 spiro atoms. The van der Waals surface area contributed by atoms with Crippen LogP contribution in [-0.4, -0.2) is 56.5 Å². The molecule has 2 aromatic carbocycles. The maximum atomic E-state index is 11.8. The molecule has 0 bridgehead atoms. The van der Waals surface area contributed by atoms with Crippen LogP contribution >= 0.6 is 0 Å². The molecule has 1 radical (unpaired) electrons. The van der Waals surface area contributed by atoms with E-state index in [0.717, 1.165) is 17.4 Å². The molecule has 0 fully saturated rings. The van der Waals surface area contributed by atoms with Gasteiger partial charge < -0.3 is 20.0 Å². The van der Waals surface area contributed by atoms with E-state index in [0.29, 0.717) is 46.9 Å². The lowest BCUT2D eigenvalue weighted by atomic mass is 9.83. The predicted octanol–water partition coefficient (Wildman–Crippen LogP) is 2.35. The molecule has 9 nitrogen and oxygen atoms in total. The van der Waals surface area contributed by atoms with Crippen molar-refractivity contribution in [2.75, 3.05) is 29.5 Å². The number of rotatable bonds is 7. The predicted molar refractivity (Wildman–Crippen MR) is 134 cm³/mol. The highest BCUT2D eigenvalue weighted by atomic mass is 32.2. The highest BCUT2D eigenvalue weighted by Gasteiger charge is 2.40. The summed E-state index contributed by atoms with van der Waals surface area (Å²) in [7, 11) is -1.95. The molecule has 0 saturated heterocycles. The fraction of sp³-hybridized carbons (Fsp3) is 0.250. The summed E-state index contributed by atoms with van der Waals surface area (Å²) in [6, 6.07) is 12.3. The van der Waals surface area contributed by atoms with E-state index in [1.807, 2.05) is 13.0 Å². The number of carbonyl (C=O) groups excluding carboxylic acids is 1. The highest BCUT2D eigenvalue weighted by molar-refractivity contribution is 7.90. The number of carbonyl (C=O) groups is 1. The van der Waals surface area contributed by atoms with Crippen molar-refractivity contribution in [3.8, 4) is 17.3 Å². The van der Waals surface area contributed by atoms with Crippen molar-refractivity contribution in [2.24, 2.45) is 0 Å². The fourth-order valence-corrected chi connectivity index (χ4v) is 4.93. The van der Waals surface area contributed by atoms with Gasteiger partial charge in [0.2, 0.25) is 5.95 Å². The van der Waals surface area contributed by atoms with Crippen molar-refractivity contribution in [3.63, 3.8) is 0 Å². The quantitative estimate of drug-likeness (QED) is 0.379. The van der Waals surface area contributed by atoms with Crippen molar-refractivity contribution >= 4 is 40.8 Å². The van der Waals surface area contributed by atoms with E-state index in [1.54, 1.807) is 42.2 Å². The topological polar surface area (TPSA) is 136 Å². The largest absolute Gasteiger partial charge is 0.410 e. The zero-order chi connectivity index (χ0) is 25.4. The monoisotopic (exact) mass is 488 g/mol. The zero-order valence-corrected chi connectivity index (χ0v) is 20.3. The minimum Gasteiger partial charge on any atom is -0.410 e. The molecule has 2 heterocycles. The first-order valence-electron chi connectivity index (χ1n) is 10.8. The van der Waals surface area contributed by atoms with Crippen LogP contribution in [0, 0.1) is 18.3 Å². The van der Waals surface area contributed by atoms with E-state index in [1.165, 1.54) is 13.5 Å². The van der Waals surface area contributed by atoms with E-state index in [2.05, 4.69) is 21.4 Å². The number of nitrogens with zero attached hydrogens (tertiary/aromatic N) is 4. The van der Waals surface area contributed by atoms with E-state index < -0.39 is 15.3 Å². The van der Waals surface area contributed by atoms with Gasteiger partial charge in [-0.05, 0) is 54.4 Å². The lowest BCUT2D eigenvalue weighted by Gasteiger charge is -2.23. The van der Waals surface area contributed by atoms with Gasteiger partial charge in [0.05, 0.1) is 22.8 Å². The summed E-state index contributed by atoms with van der Waals surface area (Å²) in [6.45, 7) is 3.88. The first kappa shape index (κ1) is 24.4. The maximum Gasteiger partial charge on any atom is 0.329 e. The Morgan fingerprint density at radius 1 is 1.31 bits per heavy atom. The minimum absolute atomic E-state index is 0.156. The van der Waals surface area contributed by atoms with Gasteiger partial charge in [-0.1, -0.05) is 6.92 Å². The number of nitrogens with one attached hydrogen (secondary N) is 1. The Hall–Kier alpha value is -3.75. The molecule has 1 aliphatic heterocycles. The lowest BCUT2D eigenvalue weighted by molar-refractivity contribution is 0.217. The molecule has 0 saturated carbocycles. The third-order valence-electron chi connectivity index (χ3n) is 6.10. The molecule has 1 aromatic heterocycles. The number of aliphatic hydroxyl groups is 1. The highest BCUT2D eigenvalue weighted by Crippen LogP contribution is 2.44. The molecule has 177 valence electrons. The first-order valence-corrected chi connectivity index (χ1v) is 12.6. The van der Waals surface area contributed by atoms with Gasteiger partial charge in [-0.2, -0.15) is 5.26 Å². The molecule has 3 aromatic rings. The molecular weight excluding hydrogens is 465 g/mol. The fourth-order valence-electron chi connectivity index (χ4n) is 4.22. The van der Waals surface area contributed by atoms with Gasteiger partial charge in [-0.3, -0.25) is 0 Å². The maximum absolute atomic E-state index is 11.8. The number of fused-ring (bicyclic) bond motifs is 1. The summed E-state index contributed by atoms with van der Waals surface area (Å²) in [5.41, 5.74) is 3.68. The van der Waals surface area contributed by atoms with Crippen LogP contribution in [0.2, 0.25) is 0 Å². The number of benzene rings is 2. The molecule has 0 unspecified atom stereocenters. The first-order chi connectivity index (χ1) is 16.6. The normalized spacial score (nSPS) is 16.9. The Morgan fingerprint density at radius 3 is 2.71 bits per heavy atom. The molecule has 4 rings (SSSR count). The Kier molecular flexibility index (Phi) is 6.36. The van der Waals surface area contributed by atoms with Gasteiger partial charge in [0.15, 0.2) is 9.84 Å². The van der Waals surface area contributed by atoms with Crippen LogP contribution < -0.4 is 10.1 Å². The Labute approximate surface area is 204 Å². The molecule has 1 aliphatic rings. The smallest absolute Gasteiger partial charge is 0.329 e. The van der Waals surface area contributed by atoms with Crippen molar-refractivity contribution < 1.29 is 18.3 Å². The SMILES string of the molecule is Cc1cc(S(C)(=O)=O)ccc1Nc1nccc(-c2cc(C#N)c3c(c2)[C@@](C)(CO)CN3[B]C=O)n1. The van der Waals surface area contributed by atoms with Crippen LogP contribution in [0.5, 0.6) is 0 Å². The van der Waals surface area contributed by atoms with Crippen LogP contribution in [0.1, 0.15) is 23.6 Å². The van der Waals surface area contributed by atoms with Gasteiger partial charge in [0.1, 0.15) is 12.3 Å². The van der Waals surface area contributed by atoms with Crippen LogP contribution in [0.25, 0.3) is 11.3 Å². The van der Waals surface area contributed by atoms with Gasteiger partial charge in [0.25, 0.3) is 0 Å². The summed E-state index contributed by atoms with van der Waals surface area (Å²) < 4.78 is 23.6. The van der Waals surface area contributed by atoms with E-state index in [4.69, 9.17) is 0 Å². The molecule has 0 amide bonds. The number of anilines is 3. The van der Waals surface area contributed by atoms with E-state index in [-0.39, 0.29) is 11.5 Å². The average molecular weight is 488 g/mol. The van der Waals surface area contributed by atoms with Gasteiger partial charge in [-0.15, -0.1) is 0 Å². The van der Waals surface area contributed by atoms with Crippen molar-refractivity contribution in [2.45, 2.75) is 24.2 Å². The Morgan fingerprint density at radius 2 is 2.09 bits per heavy atom. The summed E-state index contributed by atoms with van der Waals surface area (Å²) in [6.07, 6.45) is 3.40. The third-order valence-corrected chi connectivity index (χ3v) is 7.21. The summed E-state index contributed by atoms with van der Waals surface area (Å²) in [5.74, 6) is 0.303. The number of aliphatic hydroxyl groups excluding tert-OH is 1. The lowest BCUT2D eigenvalue weighted by Crippen LogP contribution is -2.36. The average Bonchev–Trinajstić information content (AvgIpc) is 3.12. The number of aromatic nitrogens is 2. The molecule has 1 atom stereocenters. The molecule has 0 aliphatic carbocycles.